The molecule has 0 atom stereocenters. The molecule has 0 saturated heterocycles. The largest absolute Gasteiger partial charge is 0.309 e. The number of nitrogens with zero attached hydrogens (tertiary/aromatic N) is 6. The molecule has 1 aromatic carbocycles. The predicted molar refractivity (Wildman–Crippen MR) is 86.1 cm³/mol. The molecule has 3 heterocycles. The zero-order valence-electron chi connectivity index (χ0n) is 13.2. The molecule has 9 nitrogen and oxygen atoms in total. The van der Waals surface area contributed by atoms with Crippen molar-refractivity contribution in [3.05, 3.63) is 46.1 Å². The zero-order chi connectivity index (χ0) is 16.7. The summed E-state index contributed by atoms with van der Waals surface area (Å²) in [6.07, 6.45) is 1.52. The summed E-state index contributed by atoms with van der Waals surface area (Å²) in [6.45, 7) is 1.18. The average Bonchev–Trinajstić information content (AvgIpc) is 3.14. The molecule has 0 amide bonds. The lowest BCUT2D eigenvalue weighted by Gasteiger charge is -2.16. The van der Waals surface area contributed by atoms with Gasteiger partial charge in [-0.2, -0.15) is 5.10 Å². The monoisotopic (exact) mass is 325 g/mol. The minimum atomic E-state index is -0.174. The van der Waals surface area contributed by atoms with Gasteiger partial charge < -0.3 is 4.98 Å². The van der Waals surface area contributed by atoms with Gasteiger partial charge in [-0.1, -0.05) is 6.07 Å². The molecule has 0 fully saturated rings. The lowest BCUT2D eigenvalue weighted by molar-refractivity contribution is 0.310. The summed E-state index contributed by atoms with van der Waals surface area (Å²) in [5, 5.41) is 12.2. The lowest BCUT2D eigenvalue weighted by atomic mass is 10.2. The van der Waals surface area contributed by atoms with Crippen molar-refractivity contribution < 1.29 is 4.63 Å². The van der Waals surface area contributed by atoms with Gasteiger partial charge in [0.1, 0.15) is 22.2 Å². The third-order valence-electron chi connectivity index (χ3n) is 3.84. The van der Waals surface area contributed by atoms with Gasteiger partial charge in [-0.25, -0.2) is 9.61 Å². The van der Waals surface area contributed by atoms with E-state index in [9.17, 15) is 4.79 Å². The van der Waals surface area contributed by atoms with Crippen molar-refractivity contribution in [3.63, 3.8) is 0 Å². The zero-order valence-corrected chi connectivity index (χ0v) is 13.2. The second kappa shape index (κ2) is 5.53. The number of H-pyrrole nitrogens is 1. The molecule has 0 saturated carbocycles. The molecule has 3 aromatic heterocycles. The van der Waals surface area contributed by atoms with Crippen LogP contribution in [-0.4, -0.2) is 42.0 Å². The van der Waals surface area contributed by atoms with E-state index in [4.69, 9.17) is 4.63 Å². The number of hydrogen-bond acceptors (Lipinski definition) is 7. The molecule has 24 heavy (non-hydrogen) atoms. The smallest absolute Gasteiger partial charge is 0.262 e. The van der Waals surface area contributed by atoms with Gasteiger partial charge in [0, 0.05) is 13.6 Å². The highest BCUT2D eigenvalue weighted by atomic mass is 16.6. The van der Waals surface area contributed by atoms with Crippen molar-refractivity contribution in [1.82, 2.24) is 35.0 Å². The first-order chi connectivity index (χ1) is 11.6. The molecule has 0 aliphatic heterocycles. The van der Waals surface area contributed by atoms with E-state index >= 15 is 0 Å². The Kier molecular flexibility index (Phi) is 3.35. The molecule has 4 aromatic rings. The van der Waals surface area contributed by atoms with Crippen molar-refractivity contribution in [3.8, 4) is 0 Å². The summed E-state index contributed by atoms with van der Waals surface area (Å²) in [5.74, 6) is 0.600. The van der Waals surface area contributed by atoms with Crippen LogP contribution in [0.1, 0.15) is 11.4 Å². The molecule has 0 radical (unpaired) electrons. The predicted octanol–water partition coefficient (Wildman–Crippen LogP) is 0.825. The van der Waals surface area contributed by atoms with Crippen LogP contribution in [0.2, 0.25) is 0 Å². The molecule has 122 valence electrons. The summed E-state index contributed by atoms with van der Waals surface area (Å²) in [4.78, 5) is 21.4. The van der Waals surface area contributed by atoms with Crippen LogP contribution in [0.5, 0.6) is 0 Å². The molecule has 0 aliphatic rings. The van der Waals surface area contributed by atoms with Gasteiger partial charge in [0.25, 0.3) is 5.56 Å². The number of nitrogens with one attached hydrogen (secondary N) is 1. The molecular weight excluding hydrogens is 310 g/mol. The summed E-state index contributed by atoms with van der Waals surface area (Å²) >= 11 is 0. The first-order valence-electron chi connectivity index (χ1n) is 7.41. The van der Waals surface area contributed by atoms with Crippen LogP contribution in [0.3, 0.4) is 0 Å². The Bertz CT molecular complexity index is 1080. The maximum Gasteiger partial charge on any atom is 0.262 e. The Hall–Kier alpha value is -3.07. The number of fused-ring (bicyclic) bond motifs is 2. The van der Waals surface area contributed by atoms with E-state index in [1.165, 1.54) is 6.20 Å². The fourth-order valence-electron chi connectivity index (χ4n) is 2.70. The third-order valence-corrected chi connectivity index (χ3v) is 3.84. The lowest BCUT2D eigenvalue weighted by Crippen LogP contribution is -2.22. The van der Waals surface area contributed by atoms with E-state index in [0.29, 0.717) is 29.9 Å². The number of benzene rings is 1. The van der Waals surface area contributed by atoms with Crippen LogP contribution in [0.4, 0.5) is 0 Å². The SMILES string of the molecule is CN(Cc1ccc2nonc2c1)Cc1nc2c(cnn2C)c(=O)[nH]1. The molecular formula is C15H15N7O2. The van der Waals surface area contributed by atoms with Gasteiger partial charge in [-0.05, 0) is 35.1 Å². The van der Waals surface area contributed by atoms with Crippen molar-refractivity contribution in [2.24, 2.45) is 7.05 Å². The van der Waals surface area contributed by atoms with E-state index < -0.39 is 0 Å². The Morgan fingerprint density at radius 3 is 2.96 bits per heavy atom. The number of aromatic amines is 1. The van der Waals surface area contributed by atoms with Crippen molar-refractivity contribution >= 4 is 22.1 Å². The van der Waals surface area contributed by atoms with E-state index in [2.05, 4.69) is 30.3 Å². The number of aromatic nitrogens is 6. The van der Waals surface area contributed by atoms with Crippen molar-refractivity contribution in [2.45, 2.75) is 13.1 Å². The Labute approximate surface area is 135 Å². The van der Waals surface area contributed by atoms with Gasteiger partial charge >= 0.3 is 0 Å². The van der Waals surface area contributed by atoms with Gasteiger partial charge in [0.15, 0.2) is 5.65 Å². The van der Waals surface area contributed by atoms with Gasteiger partial charge in [-0.3, -0.25) is 14.4 Å². The second-order valence-electron chi connectivity index (χ2n) is 5.78. The normalized spacial score (nSPS) is 11.8. The van der Waals surface area contributed by atoms with Gasteiger partial charge in [0.05, 0.1) is 12.7 Å². The number of aryl methyl sites for hydroxylation is 1. The van der Waals surface area contributed by atoms with Crippen LogP contribution in [0.25, 0.3) is 22.1 Å². The van der Waals surface area contributed by atoms with E-state index in [1.807, 2.05) is 25.2 Å². The maximum absolute atomic E-state index is 12.1. The molecule has 0 unspecified atom stereocenters. The fourth-order valence-corrected chi connectivity index (χ4v) is 2.70. The topological polar surface area (TPSA) is 106 Å². The van der Waals surface area contributed by atoms with Crippen LogP contribution < -0.4 is 5.56 Å². The fraction of sp³-hybridized carbons (Fsp3) is 0.267. The second-order valence-corrected chi connectivity index (χ2v) is 5.78. The summed E-state index contributed by atoms with van der Waals surface area (Å²) in [5.41, 5.74) is 2.94. The molecule has 1 N–H and O–H groups in total. The third kappa shape index (κ3) is 2.54. The molecule has 9 heteroatoms. The van der Waals surface area contributed by atoms with E-state index in [-0.39, 0.29) is 5.56 Å². The molecule has 0 bridgehead atoms. The minimum absolute atomic E-state index is 0.174. The first kappa shape index (κ1) is 14.5. The first-order valence-corrected chi connectivity index (χ1v) is 7.41. The minimum Gasteiger partial charge on any atom is -0.309 e. The molecule has 4 rings (SSSR count). The van der Waals surface area contributed by atoms with E-state index in [1.54, 1.807) is 11.7 Å². The molecule has 0 aliphatic carbocycles. The molecule has 0 spiro atoms. The summed E-state index contributed by atoms with van der Waals surface area (Å²) in [6, 6.07) is 5.78. The Balaban J connectivity index is 1.56. The Morgan fingerprint density at radius 1 is 1.25 bits per heavy atom. The summed E-state index contributed by atoms with van der Waals surface area (Å²) in [7, 11) is 3.72. The van der Waals surface area contributed by atoms with Crippen molar-refractivity contribution in [1.29, 1.82) is 0 Å². The highest BCUT2D eigenvalue weighted by molar-refractivity contribution is 5.74. The van der Waals surface area contributed by atoms with Crippen LogP contribution in [0, 0.1) is 0 Å². The standard InChI is InChI=1S/C15H15N7O2/c1-21(7-9-3-4-11-12(5-9)20-24-19-11)8-13-17-14-10(15(23)18-13)6-16-22(14)2/h3-6H,7-8H2,1-2H3,(H,17,18,23). The van der Waals surface area contributed by atoms with Gasteiger partial charge in [0.2, 0.25) is 0 Å². The van der Waals surface area contributed by atoms with Crippen molar-refractivity contribution in [2.75, 3.05) is 7.05 Å². The van der Waals surface area contributed by atoms with Crippen LogP contribution in [0.15, 0.2) is 33.8 Å². The average molecular weight is 325 g/mol. The quantitative estimate of drug-likeness (QED) is 0.592. The van der Waals surface area contributed by atoms with Crippen LogP contribution >= 0.6 is 0 Å². The van der Waals surface area contributed by atoms with Gasteiger partial charge in [-0.15, -0.1) is 0 Å². The Morgan fingerprint density at radius 2 is 2.08 bits per heavy atom. The number of hydrogen-bond donors (Lipinski definition) is 1. The number of rotatable bonds is 4. The maximum atomic E-state index is 12.1. The highest BCUT2D eigenvalue weighted by Gasteiger charge is 2.10. The highest BCUT2D eigenvalue weighted by Crippen LogP contribution is 2.14. The summed E-state index contributed by atoms with van der Waals surface area (Å²) < 4.78 is 6.30. The van der Waals surface area contributed by atoms with Crippen LogP contribution in [-0.2, 0) is 20.1 Å². The van der Waals surface area contributed by atoms with E-state index in [0.717, 1.165) is 16.6 Å².